The van der Waals surface area contributed by atoms with E-state index in [-0.39, 0.29) is 18.2 Å². The summed E-state index contributed by atoms with van der Waals surface area (Å²) in [7, 11) is 0. The lowest BCUT2D eigenvalue weighted by atomic mass is 10.1. The zero-order valence-corrected chi connectivity index (χ0v) is 14.0. The maximum atomic E-state index is 12.4. The van der Waals surface area contributed by atoms with Gasteiger partial charge in [0.05, 0.1) is 12.2 Å². The van der Waals surface area contributed by atoms with Gasteiger partial charge in [0.25, 0.3) is 5.91 Å². The average Bonchev–Trinajstić information content (AvgIpc) is 2.94. The van der Waals surface area contributed by atoms with Gasteiger partial charge in [-0.25, -0.2) is 4.98 Å². The number of imidazole rings is 1. The van der Waals surface area contributed by atoms with Crippen LogP contribution in [0.4, 0.5) is 0 Å². The van der Waals surface area contributed by atoms with E-state index in [2.05, 4.69) is 22.1 Å². The topological polar surface area (TPSA) is 63.5 Å². The minimum atomic E-state index is -0.211. The molecule has 0 radical (unpaired) electrons. The number of carbonyl (C=O) groups is 2. The Labute approximate surface area is 145 Å². The molecule has 1 aromatic carbocycles. The van der Waals surface area contributed by atoms with E-state index in [9.17, 15) is 9.59 Å². The number of nitrogens with zero attached hydrogens (tertiary/aromatic N) is 2. The van der Waals surface area contributed by atoms with Gasteiger partial charge in [-0.1, -0.05) is 30.0 Å². The van der Waals surface area contributed by atoms with Gasteiger partial charge < -0.3 is 5.32 Å². The summed E-state index contributed by atoms with van der Waals surface area (Å²) in [6.07, 6.45) is 1.81. The summed E-state index contributed by atoms with van der Waals surface area (Å²) in [5, 5.41) is 2.79. The largest absolute Gasteiger partial charge is 0.340 e. The van der Waals surface area contributed by atoms with Gasteiger partial charge in [0.2, 0.25) is 0 Å². The van der Waals surface area contributed by atoms with E-state index >= 15 is 0 Å². The maximum absolute atomic E-state index is 12.4. The fraction of sp³-hybridized carbons (Fsp3) is 0.150. The second-order valence-electron chi connectivity index (χ2n) is 5.59. The van der Waals surface area contributed by atoms with Gasteiger partial charge in [0, 0.05) is 17.3 Å². The van der Waals surface area contributed by atoms with E-state index in [1.54, 1.807) is 28.7 Å². The molecule has 0 unspecified atom stereocenters. The van der Waals surface area contributed by atoms with Gasteiger partial charge in [-0.2, -0.15) is 0 Å². The summed E-state index contributed by atoms with van der Waals surface area (Å²) in [5.41, 5.74) is 3.38. The Morgan fingerprint density at radius 3 is 2.64 bits per heavy atom. The molecular formula is C20H17N3O2. The van der Waals surface area contributed by atoms with Crippen LogP contribution < -0.4 is 5.32 Å². The first-order valence-corrected chi connectivity index (χ1v) is 7.88. The number of Topliss-reactive ketones (excluding diaryl/α,β-unsaturated/α-hetero) is 1. The molecule has 0 spiro atoms. The highest BCUT2D eigenvalue weighted by Crippen LogP contribution is 2.11. The van der Waals surface area contributed by atoms with Gasteiger partial charge in [0.1, 0.15) is 11.3 Å². The van der Waals surface area contributed by atoms with Gasteiger partial charge in [-0.15, -0.1) is 0 Å². The van der Waals surface area contributed by atoms with Crippen LogP contribution in [0.25, 0.3) is 5.65 Å². The third-order valence-electron chi connectivity index (χ3n) is 3.78. The van der Waals surface area contributed by atoms with Crippen LogP contribution in [-0.4, -0.2) is 27.6 Å². The first-order chi connectivity index (χ1) is 12.1. The number of amides is 1. The van der Waals surface area contributed by atoms with Gasteiger partial charge in [0.15, 0.2) is 5.78 Å². The average molecular weight is 331 g/mol. The molecule has 124 valence electrons. The van der Waals surface area contributed by atoms with Crippen molar-refractivity contribution in [1.82, 2.24) is 14.7 Å². The number of aromatic nitrogens is 2. The minimum Gasteiger partial charge on any atom is -0.340 e. The van der Waals surface area contributed by atoms with Crippen molar-refractivity contribution >= 4 is 17.3 Å². The molecule has 0 aliphatic carbocycles. The molecule has 0 saturated carbocycles. The zero-order chi connectivity index (χ0) is 17.8. The fourth-order valence-corrected chi connectivity index (χ4v) is 2.53. The summed E-state index contributed by atoms with van der Waals surface area (Å²) in [5.74, 6) is 5.69. The number of aryl methyl sites for hydroxylation is 1. The standard InChI is InChI=1S/C20H17N3O2/c1-14-19(23-13-4-3-7-18(23)22-14)20(25)21-12-5-6-16-8-10-17(11-9-16)15(2)24/h3-4,7-11,13H,12H2,1-2H3,(H,21,25). The first kappa shape index (κ1) is 16.5. The van der Waals surface area contributed by atoms with E-state index in [1.807, 2.05) is 31.3 Å². The lowest BCUT2D eigenvalue weighted by Crippen LogP contribution is -2.25. The van der Waals surface area contributed by atoms with Crippen LogP contribution in [0, 0.1) is 18.8 Å². The quantitative estimate of drug-likeness (QED) is 0.593. The second-order valence-corrected chi connectivity index (χ2v) is 5.59. The van der Waals surface area contributed by atoms with Crippen LogP contribution in [-0.2, 0) is 0 Å². The van der Waals surface area contributed by atoms with Crippen LogP contribution in [0.1, 0.15) is 39.0 Å². The normalized spacial score (nSPS) is 10.2. The Morgan fingerprint density at radius 1 is 1.16 bits per heavy atom. The number of carbonyl (C=O) groups excluding carboxylic acids is 2. The Morgan fingerprint density at radius 2 is 1.92 bits per heavy atom. The highest BCUT2D eigenvalue weighted by atomic mass is 16.2. The lowest BCUT2D eigenvalue weighted by molar-refractivity contribution is 0.0951. The Hall–Kier alpha value is -3.39. The second kappa shape index (κ2) is 7.02. The number of fused-ring (bicyclic) bond motifs is 1. The highest BCUT2D eigenvalue weighted by molar-refractivity contribution is 5.95. The third-order valence-corrected chi connectivity index (χ3v) is 3.78. The van der Waals surface area contributed by atoms with Crippen LogP contribution in [0.15, 0.2) is 48.7 Å². The number of rotatable bonds is 3. The Bertz CT molecular complexity index is 1000. The molecule has 3 aromatic rings. The van der Waals surface area contributed by atoms with Crippen LogP contribution in [0.5, 0.6) is 0 Å². The van der Waals surface area contributed by atoms with Crippen LogP contribution in [0.3, 0.4) is 0 Å². The Balaban J connectivity index is 1.67. The smallest absolute Gasteiger partial charge is 0.270 e. The van der Waals surface area contributed by atoms with Gasteiger partial charge in [-0.3, -0.25) is 14.0 Å². The highest BCUT2D eigenvalue weighted by Gasteiger charge is 2.15. The summed E-state index contributed by atoms with van der Waals surface area (Å²) in [6.45, 7) is 3.56. The molecule has 2 heterocycles. The minimum absolute atomic E-state index is 0.0233. The SMILES string of the molecule is CC(=O)c1ccc(C#CCNC(=O)c2c(C)nc3ccccn23)cc1. The fourth-order valence-electron chi connectivity index (χ4n) is 2.53. The van der Waals surface area contributed by atoms with Crippen molar-refractivity contribution in [2.45, 2.75) is 13.8 Å². The molecular weight excluding hydrogens is 314 g/mol. The summed E-state index contributed by atoms with van der Waals surface area (Å²) in [4.78, 5) is 28.0. The predicted octanol–water partition coefficient (Wildman–Crippen LogP) is 2.63. The molecule has 0 aliphatic heterocycles. The molecule has 25 heavy (non-hydrogen) atoms. The van der Waals surface area contributed by atoms with Gasteiger partial charge >= 0.3 is 0 Å². The number of ketones is 1. The number of nitrogens with one attached hydrogen (secondary N) is 1. The van der Waals surface area contributed by atoms with E-state index < -0.39 is 0 Å². The maximum Gasteiger partial charge on any atom is 0.270 e. The summed E-state index contributed by atoms with van der Waals surface area (Å²) < 4.78 is 1.76. The Kier molecular flexibility index (Phi) is 4.62. The first-order valence-electron chi connectivity index (χ1n) is 7.88. The number of pyridine rings is 1. The molecule has 0 saturated heterocycles. The molecule has 0 atom stereocenters. The molecule has 3 rings (SSSR count). The summed E-state index contributed by atoms with van der Waals surface area (Å²) in [6, 6.07) is 12.7. The van der Waals surface area contributed by atoms with Crippen molar-refractivity contribution < 1.29 is 9.59 Å². The van der Waals surface area contributed by atoms with E-state index in [0.717, 1.165) is 11.2 Å². The number of hydrogen-bond donors (Lipinski definition) is 1. The molecule has 5 heteroatoms. The summed E-state index contributed by atoms with van der Waals surface area (Å²) >= 11 is 0. The number of benzene rings is 1. The molecule has 1 amide bonds. The lowest BCUT2D eigenvalue weighted by Gasteiger charge is -2.02. The van der Waals surface area contributed by atoms with Crippen LogP contribution >= 0.6 is 0 Å². The molecule has 1 N–H and O–H groups in total. The predicted molar refractivity (Wildman–Crippen MR) is 95.6 cm³/mol. The number of hydrogen-bond acceptors (Lipinski definition) is 3. The molecule has 0 aliphatic rings. The molecule has 0 bridgehead atoms. The molecule has 2 aromatic heterocycles. The third kappa shape index (κ3) is 3.59. The van der Waals surface area contributed by atoms with Crippen LogP contribution in [0.2, 0.25) is 0 Å². The van der Waals surface area contributed by atoms with Crippen molar-refractivity contribution in [3.63, 3.8) is 0 Å². The van der Waals surface area contributed by atoms with Crippen molar-refractivity contribution in [2.24, 2.45) is 0 Å². The van der Waals surface area contributed by atoms with Gasteiger partial charge in [-0.05, 0) is 38.1 Å². The van der Waals surface area contributed by atoms with Crippen molar-refractivity contribution in [3.05, 3.63) is 71.2 Å². The molecule has 5 nitrogen and oxygen atoms in total. The van der Waals surface area contributed by atoms with Crippen molar-refractivity contribution in [2.75, 3.05) is 6.54 Å². The zero-order valence-electron chi connectivity index (χ0n) is 14.0. The van der Waals surface area contributed by atoms with Crippen molar-refractivity contribution in [3.8, 4) is 11.8 Å². The molecule has 0 fully saturated rings. The monoisotopic (exact) mass is 331 g/mol. The van der Waals surface area contributed by atoms with E-state index in [0.29, 0.717) is 17.0 Å². The van der Waals surface area contributed by atoms with E-state index in [1.165, 1.54) is 6.92 Å². The van der Waals surface area contributed by atoms with Crippen molar-refractivity contribution in [1.29, 1.82) is 0 Å². The van der Waals surface area contributed by atoms with E-state index in [4.69, 9.17) is 0 Å².